The second-order valence-corrected chi connectivity index (χ2v) is 5.20. The molecule has 0 spiro atoms. The van der Waals surface area contributed by atoms with Crippen LogP contribution in [0.15, 0.2) is 18.2 Å². The van der Waals surface area contributed by atoms with Crippen LogP contribution in [0, 0.1) is 11.7 Å². The van der Waals surface area contributed by atoms with E-state index in [0.29, 0.717) is 11.5 Å². The lowest BCUT2D eigenvalue weighted by Gasteiger charge is -2.28. The zero-order valence-corrected chi connectivity index (χ0v) is 11.9. The first kappa shape index (κ1) is 14.8. The number of benzene rings is 1. The van der Waals surface area contributed by atoms with E-state index >= 15 is 0 Å². The summed E-state index contributed by atoms with van der Waals surface area (Å²) >= 11 is 0. The number of ether oxygens (including phenoxy) is 1. The molecule has 0 aliphatic carbocycles. The molecule has 1 fully saturated rings. The quantitative estimate of drug-likeness (QED) is 0.886. The molecule has 2 N–H and O–H groups in total. The molecule has 5 heteroatoms. The number of amides is 1. The van der Waals surface area contributed by atoms with Gasteiger partial charge in [-0.25, -0.2) is 4.39 Å². The number of halogens is 1. The molecule has 1 aromatic carbocycles. The van der Waals surface area contributed by atoms with E-state index in [0.717, 1.165) is 25.9 Å². The highest BCUT2D eigenvalue weighted by Gasteiger charge is 2.22. The summed E-state index contributed by atoms with van der Waals surface area (Å²) in [5.74, 6) is -0.0699. The van der Waals surface area contributed by atoms with Crippen LogP contribution in [0.1, 0.15) is 30.1 Å². The molecule has 0 bridgehead atoms. The van der Waals surface area contributed by atoms with Crippen LogP contribution < -0.4 is 15.4 Å². The van der Waals surface area contributed by atoms with E-state index in [2.05, 4.69) is 10.6 Å². The normalized spacial score (nSPS) is 17.6. The zero-order chi connectivity index (χ0) is 14.5. The summed E-state index contributed by atoms with van der Waals surface area (Å²) in [5.41, 5.74) is 0.420. The minimum Gasteiger partial charge on any atom is -0.494 e. The van der Waals surface area contributed by atoms with Crippen LogP contribution in [0.3, 0.4) is 0 Å². The molecule has 1 atom stereocenters. The van der Waals surface area contributed by atoms with Crippen molar-refractivity contribution in [2.24, 2.45) is 5.92 Å². The molecular weight excluding hydrogens is 259 g/mol. The van der Waals surface area contributed by atoms with Gasteiger partial charge < -0.3 is 15.4 Å². The SMILES string of the molecule is COc1cc(C(=O)NC(C)C2CCNCC2)ccc1F. The topological polar surface area (TPSA) is 50.4 Å². The van der Waals surface area contributed by atoms with E-state index in [1.807, 2.05) is 6.92 Å². The fourth-order valence-corrected chi connectivity index (χ4v) is 2.55. The number of nitrogens with one attached hydrogen (secondary N) is 2. The second-order valence-electron chi connectivity index (χ2n) is 5.20. The van der Waals surface area contributed by atoms with Gasteiger partial charge in [0.05, 0.1) is 7.11 Å². The van der Waals surface area contributed by atoms with Gasteiger partial charge in [0.25, 0.3) is 5.91 Å². The average molecular weight is 280 g/mol. The molecule has 0 radical (unpaired) electrons. The molecule has 4 nitrogen and oxygen atoms in total. The van der Waals surface area contributed by atoms with Crippen molar-refractivity contribution in [3.05, 3.63) is 29.6 Å². The number of carbonyl (C=O) groups excluding carboxylic acids is 1. The lowest BCUT2D eigenvalue weighted by Crippen LogP contribution is -2.42. The Morgan fingerprint density at radius 3 is 2.80 bits per heavy atom. The monoisotopic (exact) mass is 280 g/mol. The lowest BCUT2D eigenvalue weighted by molar-refractivity contribution is 0.0920. The minimum absolute atomic E-state index is 0.0900. The Balaban J connectivity index is 2.00. The van der Waals surface area contributed by atoms with Crippen molar-refractivity contribution in [3.63, 3.8) is 0 Å². The van der Waals surface area contributed by atoms with E-state index in [-0.39, 0.29) is 17.7 Å². The first-order valence-electron chi connectivity index (χ1n) is 6.97. The third kappa shape index (κ3) is 3.48. The van der Waals surface area contributed by atoms with E-state index < -0.39 is 5.82 Å². The van der Waals surface area contributed by atoms with Crippen molar-refractivity contribution in [3.8, 4) is 5.75 Å². The van der Waals surface area contributed by atoms with Crippen LogP contribution in [0.4, 0.5) is 4.39 Å². The van der Waals surface area contributed by atoms with Gasteiger partial charge in [-0.05, 0) is 57.0 Å². The fraction of sp³-hybridized carbons (Fsp3) is 0.533. The maximum atomic E-state index is 13.3. The molecule has 2 rings (SSSR count). The van der Waals surface area contributed by atoms with Gasteiger partial charge in [0, 0.05) is 11.6 Å². The standard InChI is InChI=1S/C15H21FN2O2/c1-10(11-5-7-17-8-6-11)18-15(19)12-3-4-13(16)14(9-12)20-2/h3-4,9-11,17H,5-8H2,1-2H3,(H,18,19). The summed E-state index contributed by atoms with van der Waals surface area (Å²) in [4.78, 5) is 12.2. The first-order chi connectivity index (χ1) is 9.61. The Labute approximate surface area is 118 Å². The van der Waals surface area contributed by atoms with Gasteiger partial charge in [-0.2, -0.15) is 0 Å². The highest BCUT2D eigenvalue weighted by atomic mass is 19.1. The summed E-state index contributed by atoms with van der Waals surface area (Å²) in [6, 6.07) is 4.27. The molecule has 1 amide bonds. The van der Waals surface area contributed by atoms with E-state index in [1.54, 1.807) is 0 Å². The predicted molar refractivity (Wildman–Crippen MR) is 75.5 cm³/mol. The number of rotatable bonds is 4. The average Bonchev–Trinajstić information content (AvgIpc) is 2.48. The van der Waals surface area contributed by atoms with Crippen LogP contribution in [0.5, 0.6) is 5.75 Å². The molecule has 1 heterocycles. The van der Waals surface area contributed by atoms with Gasteiger partial charge in [0.15, 0.2) is 11.6 Å². The number of hydrogen-bond acceptors (Lipinski definition) is 3. The molecule has 20 heavy (non-hydrogen) atoms. The molecule has 0 saturated carbocycles. The van der Waals surface area contributed by atoms with Crippen molar-refractivity contribution < 1.29 is 13.9 Å². The van der Waals surface area contributed by atoms with Crippen LogP contribution in [0.2, 0.25) is 0 Å². The van der Waals surface area contributed by atoms with Crippen LogP contribution in [0.25, 0.3) is 0 Å². The van der Waals surface area contributed by atoms with Crippen molar-refractivity contribution in [1.82, 2.24) is 10.6 Å². The minimum atomic E-state index is -0.463. The molecule has 0 aromatic heterocycles. The molecule has 1 aromatic rings. The van der Waals surface area contributed by atoms with E-state index in [4.69, 9.17) is 4.74 Å². The van der Waals surface area contributed by atoms with Gasteiger partial charge in [-0.15, -0.1) is 0 Å². The number of hydrogen-bond donors (Lipinski definition) is 2. The molecule has 1 saturated heterocycles. The summed E-state index contributed by atoms with van der Waals surface area (Å²) in [5, 5.41) is 6.30. The van der Waals surface area contributed by atoms with Gasteiger partial charge in [-0.1, -0.05) is 0 Å². The molecule has 1 aliphatic rings. The Morgan fingerprint density at radius 1 is 1.45 bits per heavy atom. The highest BCUT2D eigenvalue weighted by molar-refractivity contribution is 5.94. The second kappa shape index (κ2) is 6.70. The van der Waals surface area contributed by atoms with Crippen molar-refractivity contribution in [2.75, 3.05) is 20.2 Å². The molecule has 1 aliphatic heterocycles. The van der Waals surface area contributed by atoms with Crippen LogP contribution >= 0.6 is 0 Å². The van der Waals surface area contributed by atoms with Crippen LogP contribution in [-0.2, 0) is 0 Å². The Hall–Kier alpha value is -1.62. The van der Waals surface area contributed by atoms with E-state index in [9.17, 15) is 9.18 Å². The Bertz CT molecular complexity index is 473. The molecule has 110 valence electrons. The first-order valence-corrected chi connectivity index (χ1v) is 6.97. The maximum Gasteiger partial charge on any atom is 0.251 e. The predicted octanol–water partition coefficient (Wildman–Crippen LogP) is 1.95. The fourth-order valence-electron chi connectivity index (χ4n) is 2.55. The maximum absolute atomic E-state index is 13.3. The Kier molecular flexibility index (Phi) is 4.95. The summed E-state index contributed by atoms with van der Waals surface area (Å²) in [6.45, 7) is 4.01. The lowest BCUT2D eigenvalue weighted by atomic mass is 9.91. The van der Waals surface area contributed by atoms with Crippen molar-refractivity contribution in [1.29, 1.82) is 0 Å². The third-order valence-electron chi connectivity index (χ3n) is 3.86. The van der Waals surface area contributed by atoms with Crippen LogP contribution in [-0.4, -0.2) is 32.1 Å². The van der Waals surface area contributed by atoms with Gasteiger partial charge >= 0.3 is 0 Å². The summed E-state index contributed by atoms with van der Waals surface area (Å²) < 4.78 is 18.2. The highest BCUT2D eigenvalue weighted by Crippen LogP contribution is 2.20. The van der Waals surface area contributed by atoms with E-state index in [1.165, 1.54) is 25.3 Å². The van der Waals surface area contributed by atoms with Gasteiger partial charge in [0.2, 0.25) is 0 Å². The summed E-state index contributed by atoms with van der Waals surface area (Å²) in [7, 11) is 1.39. The van der Waals surface area contributed by atoms with Crippen molar-refractivity contribution in [2.45, 2.75) is 25.8 Å². The Morgan fingerprint density at radius 2 is 2.15 bits per heavy atom. The third-order valence-corrected chi connectivity index (χ3v) is 3.86. The smallest absolute Gasteiger partial charge is 0.251 e. The zero-order valence-electron chi connectivity index (χ0n) is 11.9. The van der Waals surface area contributed by atoms with Gasteiger partial charge in [-0.3, -0.25) is 4.79 Å². The largest absolute Gasteiger partial charge is 0.494 e. The summed E-state index contributed by atoms with van der Waals surface area (Å²) in [6.07, 6.45) is 2.13. The molecular formula is C15H21FN2O2. The molecule has 1 unspecified atom stereocenters. The number of piperidine rings is 1. The van der Waals surface area contributed by atoms with Gasteiger partial charge in [0.1, 0.15) is 0 Å². The number of carbonyl (C=O) groups is 1. The van der Waals surface area contributed by atoms with Crippen molar-refractivity contribution >= 4 is 5.91 Å². The number of methoxy groups -OCH3 is 1.